The lowest BCUT2D eigenvalue weighted by molar-refractivity contribution is -0.140. The normalized spacial score (nSPS) is 14.4. The van der Waals surface area contributed by atoms with Crippen LogP contribution in [-0.4, -0.2) is 40.9 Å². The van der Waals surface area contributed by atoms with Crippen LogP contribution < -0.4 is 19.5 Å². The summed E-state index contributed by atoms with van der Waals surface area (Å²) in [5.74, 6) is 0.457. The molecule has 0 aliphatic heterocycles. The van der Waals surface area contributed by atoms with Gasteiger partial charge < -0.3 is 24.4 Å². The quantitative estimate of drug-likeness (QED) is 0.194. The number of nitrogens with one attached hydrogen (secondary N) is 1. The molecule has 1 aliphatic rings. The van der Waals surface area contributed by atoms with Gasteiger partial charge in [-0.1, -0.05) is 48.0 Å². The number of benzene rings is 3. The van der Waals surface area contributed by atoms with Crippen molar-refractivity contribution in [3.63, 3.8) is 0 Å². The molecule has 0 spiro atoms. The number of carbonyl (C=O) groups is 1. The molecule has 10 heteroatoms. The van der Waals surface area contributed by atoms with E-state index in [4.69, 9.17) is 25.8 Å². The number of rotatable bonds is 12. The van der Waals surface area contributed by atoms with Gasteiger partial charge >= 0.3 is 5.97 Å². The number of pyridine rings is 1. The highest BCUT2D eigenvalue weighted by atomic mass is 35.5. The zero-order valence-electron chi connectivity index (χ0n) is 23.4. The minimum absolute atomic E-state index is 0.0673. The average Bonchev–Trinajstić information content (AvgIpc) is 3.44. The molecule has 0 saturated heterocycles. The second kappa shape index (κ2) is 13.6. The Balaban J connectivity index is 1.43. The van der Waals surface area contributed by atoms with Gasteiger partial charge in [-0.05, 0) is 47.7 Å². The molecule has 0 unspecified atom stereocenters. The molecule has 1 aromatic heterocycles. The van der Waals surface area contributed by atoms with Crippen molar-refractivity contribution in [2.24, 2.45) is 0 Å². The predicted molar refractivity (Wildman–Crippen MR) is 160 cm³/mol. The molecule has 0 saturated carbocycles. The monoisotopic (exact) mass is 599 g/mol. The third-order valence-electron chi connectivity index (χ3n) is 7.33. The number of nitrogens with zero attached hydrogens (tertiary/aromatic N) is 2. The zero-order valence-corrected chi connectivity index (χ0v) is 24.2. The number of fused-ring (bicyclic) bond motifs is 1. The SMILES string of the molecule is COc1ccccc1-c1cccc2c1CC[C@@H]2Oc1cc(OCc2cncc(C#N)c2)c(CN[C@@H](CO)C(=O)O)cc1Cl. The van der Waals surface area contributed by atoms with E-state index >= 15 is 0 Å². The summed E-state index contributed by atoms with van der Waals surface area (Å²) in [6, 6.07) is 20.0. The second-order valence-electron chi connectivity index (χ2n) is 10.0. The minimum Gasteiger partial charge on any atom is -0.496 e. The van der Waals surface area contributed by atoms with E-state index in [0.717, 1.165) is 35.3 Å². The largest absolute Gasteiger partial charge is 0.496 e. The Morgan fingerprint density at radius 2 is 1.93 bits per heavy atom. The van der Waals surface area contributed by atoms with E-state index in [1.165, 1.54) is 11.8 Å². The Morgan fingerprint density at radius 3 is 2.70 bits per heavy atom. The molecule has 9 nitrogen and oxygen atoms in total. The Kier molecular flexibility index (Phi) is 9.42. The van der Waals surface area contributed by atoms with Crippen LogP contribution in [0.15, 0.2) is 73.1 Å². The van der Waals surface area contributed by atoms with Gasteiger partial charge in [0, 0.05) is 41.7 Å². The van der Waals surface area contributed by atoms with E-state index in [-0.39, 0.29) is 19.3 Å². The number of aliphatic hydroxyl groups is 1. The first-order valence-corrected chi connectivity index (χ1v) is 14.1. The lowest BCUT2D eigenvalue weighted by Gasteiger charge is -2.20. The zero-order chi connectivity index (χ0) is 30.3. The number of aromatic nitrogens is 1. The summed E-state index contributed by atoms with van der Waals surface area (Å²) in [6.07, 6.45) is 4.39. The van der Waals surface area contributed by atoms with Crippen LogP contribution in [0.2, 0.25) is 5.02 Å². The smallest absolute Gasteiger partial charge is 0.323 e. The van der Waals surface area contributed by atoms with Gasteiger partial charge in [-0.25, -0.2) is 0 Å². The Morgan fingerprint density at radius 1 is 1.12 bits per heavy atom. The van der Waals surface area contributed by atoms with Crippen molar-refractivity contribution in [1.29, 1.82) is 5.26 Å². The molecular formula is C33H30ClN3O6. The lowest BCUT2D eigenvalue weighted by atomic mass is 9.96. The standard InChI is InChI=1S/C33H30ClN3O6/c1-41-29-8-3-2-5-25(29)23-6-4-7-26-24(23)9-10-30(26)43-32-13-31(42-19-21-11-20(14-35)15-36-16-21)22(12-27(32)34)17-37-28(18-38)33(39)40/h2-8,11-13,15-16,28,30,37-38H,9-10,17-19H2,1H3,(H,39,40)/t28-,30-/m0/s1. The number of methoxy groups -OCH3 is 1. The number of hydrogen-bond acceptors (Lipinski definition) is 8. The molecule has 5 rings (SSSR count). The van der Waals surface area contributed by atoms with Crippen LogP contribution in [-0.2, 0) is 24.4 Å². The maximum Gasteiger partial charge on any atom is 0.323 e. The van der Waals surface area contributed by atoms with Crippen molar-refractivity contribution in [3.05, 3.63) is 106 Å². The van der Waals surface area contributed by atoms with Gasteiger partial charge in [-0.2, -0.15) is 5.26 Å². The fourth-order valence-electron chi connectivity index (χ4n) is 5.20. The number of ether oxygens (including phenoxy) is 3. The van der Waals surface area contributed by atoms with Crippen molar-refractivity contribution in [1.82, 2.24) is 10.3 Å². The maximum atomic E-state index is 11.4. The van der Waals surface area contributed by atoms with Gasteiger partial charge in [-0.15, -0.1) is 0 Å². The van der Waals surface area contributed by atoms with E-state index in [9.17, 15) is 20.3 Å². The fourth-order valence-corrected chi connectivity index (χ4v) is 5.43. The molecule has 3 N–H and O–H groups in total. The molecule has 1 heterocycles. The number of nitriles is 1. The molecule has 3 aromatic carbocycles. The first-order valence-electron chi connectivity index (χ1n) is 13.7. The summed E-state index contributed by atoms with van der Waals surface area (Å²) in [5.41, 5.74) is 6.05. The third kappa shape index (κ3) is 6.73. The maximum absolute atomic E-state index is 11.4. The topological polar surface area (TPSA) is 134 Å². The van der Waals surface area contributed by atoms with Gasteiger partial charge in [0.25, 0.3) is 0 Å². The van der Waals surface area contributed by atoms with Crippen LogP contribution in [0.1, 0.15) is 40.3 Å². The number of hydrogen-bond donors (Lipinski definition) is 3. The molecule has 0 amide bonds. The van der Waals surface area contributed by atoms with Crippen molar-refractivity contribution >= 4 is 17.6 Å². The Hall–Kier alpha value is -4.62. The van der Waals surface area contributed by atoms with Gasteiger partial charge in [0.15, 0.2) is 0 Å². The highest BCUT2D eigenvalue weighted by Gasteiger charge is 2.28. The number of carboxylic acids is 1. The van der Waals surface area contributed by atoms with Crippen molar-refractivity contribution < 1.29 is 29.2 Å². The molecule has 1 aliphatic carbocycles. The van der Waals surface area contributed by atoms with Crippen molar-refractivity contribution in [3.8, 4) is 34.4 Å². The second-order valence-corrected chi connectivity index (χ2v) is 10.5. The molecule has 2 atom stereocenters. The summed E-state index contributed by atoms with van der Waals surface area (Å²) in [6.45, 7) is -0.406. The van der Waals surface area contributed by atoms with Crippen LogP contribution in [0.5, 0.6) is 17.2 Å². The molecule has 4 aromatic rings. The lowest BCUT2D eigenvalue weighted by Crippen LogP contribution is -2.39. The van der Waals surface area contributed by atoms with Crippen LogP contribution in [0, 0.1) is 11.3 Å². The third-order valence-corrected chi connectivity index (χ3v) is 7.63. The number of aliphatic carboxylic acids is 1. The molecule has 0 bridgehead atoms. The summed E-state index contributed by atoms with van der Waals surface area (Å²) >= 11 is 6.71. The minimum atomic E-state index is -1.18. The molecule has 0 radical (unpaired) electrons. The highest BCUT2D eigenvalue weighted by Crippen LogP contribution is 2.44. The van der Waals surface area contributed by atoms with E-state index in [1.807, 2.05) is 30.3 Å². The first kappa shape index (κ1) is 29.9. The van der Waals surface area contributed by atoms with E-state index < -0.39 is 18.6 Å². The Labute approximate surface area is 254 Å². The number of aliphatic hydroxyl groups excluding tert-OH is 1. The van der Waals surface area contributed by atoms with E-state index in [0.29, 0.717) is 33.2 Å². The average molecular weight is 600 g/mol. The molecule has 220 valence electrons. The van der Waals surface area contributed by atoms with Crippen molar-refractivity contribution in [2.75, 3.05) is 13.7 Å². The summed E-state index contributed by atoms with van der Waals surface area (Å²) in [7, 11) is 1.66. The van der Waals surface area contributed by atoms with Crippen LogP contribution in [0.3, 0.4) is 0 Å². The van der Waals surface area contributed by atoms with Crippen LogP contribution in [0.4, 0.5) is 0 Å². The van der Waals surface area contributed by atoms with E-state index in [1.54, 1.807) is 31.5 Å². The van der Waals surface area contributed by atoms with Gasteiger partial charge in [0.2, 0.25) is 0 Å². The van der Waals surface area contributed by atoms with Gasteiger partial charge in [-0.3, -0.25) is 15.1 Å². The summed E-state index contributed by atoms with van der Waals surface area (Å²) in [5, 5.41) is 31.1. The van der Waals surface area contributed by atoms with Crippen molar-refractivity contribution in [2.45, 2.75) is 38.1 Å². The van der Waals surface area contributed by atoms with Crippen LogP contribution in [0.25, 0.3) is 11.1 Å². The number of para-hydroxylation sites is 1. The first-order chi connectivity index (χ1) is 20.9. The molecular weight excluding hydrogens is 570 g/mol. The fraction of sp³-hybridized carbons (Fsp3) is 0.242. The molecule has 0 fully saturated rings. The van der Waals surface area contributed by atoms with Gasteiger partial charge in [0.05, 0.1) is 24.3 Å². The Bertz CT molecular complexity index is 1670. The van der Waals surface area contributed by atoms with E-state index in [2.05, 4.69) is 28.5 Å². The highest BCUT2D eigenvalue weighted by molar-refractivity contribution is 6.32. The predicted octanol–water partition coefficient (Wildman–Crippen LogP) is 5.46. The van der Waals surface area contributed by atoms with Crippen LogP contribution >= 0.6 is 11.6 Å². The number of carboxylic acid groups (broad SMARTS) is 1. The summed E-state index contributed by atoms with van der Waals surface area (Å²) < 4.78 is 18.2. The number of halogens is 1. The molecule has 43 heavy (non-hydrogen) atoms. The summed E-state index contributed by atoms with van der Waals surface area (Å²) in [4.78, 5) is 15.5. The van der Waals surface area contributed by atoms with Gasteiger partial charge in [0.1, 0.15) is 42.1 Å².